The van der Waals surface area contributed by atoms with Gasteiger partial charge in [0.15, 0.2) is 0 Å². The van der Waals surface area contributed by atoms with Crippen LogP contribution in [0.15, 0.2) is 12.1 Å². The molecule has 0 aliphatic rings. The second-order valence-electron chi connectivity index (χ2n) is 2.52. The summed E-state index contributed by atoms with van der Waals surface area (Å²) in [6, 6.07) is 5.12. The van der Waals surface area contributed by atoms with Gasteiger partial charge >= 0.3 is 5.97 Å². The Morgan fingerprint density at radius 2 is 2.31 bits per heavy atom. The second-order valence-corrected chi connectivity index (χ2v) is 2.52. The Hall–Kier alpha value is -1.89. The molecule has 0 radical (unpaired) electrons. The topological polar surface area (TPSA) is 63.0 Å². The van der Waals surface area contributed by atoms with E-state index in [2.05, 4.69) is 4.98 Å². The van der Waals surface area contributed by atoms with Crippen molar-refractivity contribution in [2.45, 2.75) is 13.8 Å². The molecular formula is C9H8N2O2. The van der Waals surface area contributed by atoms with E-state index in [-0.39, 0.29) is 11.6 Å². The number of pyridine rings is 1. The van der Waals surface area contributed by atoms with E-state index >= 15 is 0 Å². The van der Waals surface area contributed by atoms with Gasteiger partial charge in [-0.05, 0) is 13.0 Å². The lowest BCUT2D eigenvalue weighted by Crippen LogP contribution is -2.05. The zero-order chi connectivity index (χ0) is 9.84. The summed E-state index contributed by atoms with van der Waals surface area (Å²) in [7, 11) is 0. The van der Waals surface area contributed by atoms with Crippen LogP contribution in [0.25, 0.3) is 0 Å². The Kier molecular flexibility index (Phi) is 2.60. The zero-order valence-corrected chi connectivity index (χ0v) is 7.37. The predicted molar refractivity (Wildman–Crippen MR) is 45.0 cm³/mol. The fourth-order valence-corrected chi connectivity index (χ4v) is 0.812. The molecule has 0 fully saturated rings. The van der Waals surface area contributed by atoms with E-state index < -0.39 is 5.97 Å². The lowest BCUT2D eigenvalue weighted by Gasteiger charge is -2.02. The van der Waals surface area contributed by atoms with Crippen LogP contribution in [0.5, 0.6) is 5.88 Å². The van der Waals surface area contributed by atoms with Gasteiger partial charge in [-0.3, -0.25) is 4.79 Å². The molecule has 0 saturated carbocycles. The van der Waals surface area contributed by atoms with Gasteiger partial charge in [-0.25, -0.2) is 4.98 Å². The maximum absolute atomic E-state index is 10.6. The van der Waals surface area contributed by atoms with Gasteiger partial charge < -0.3 is 4.74 Å². The molecule has 0 spiro atoms. The van der Waals surface area contributed by atoms with Gasteiger partial charge in [-0.2, -0.15) is 5.26 Å². The van der Waals surface area contributed by atoms with Crippen LogP contribution in [0.4, 0.5) is 0 Å². The molecule has 0 unspecified atom stereocenters. The molecule has 0 atom stereocenters. The molecule has 1 aromatic rings. The summed E-state index contributed by atoms with van der Waals surface area (Å²) in [5.41, 5.74) is 0.969. The maximum atomic E-state index is 10.6. The molecule has 0 N–H and O–H groups in total. The van der Waals surface area contributed by atoms with Crippen molar-refractivity contribution in [3.05, 3.63) is 23.4 Å². The first-order valence-electron chi connectivity index (χ1n) is 3.69. The molecule has 0 bridgehead atoms. The Morgan fingerprint density at radius 3 is 2.85 bits per heavy atom. The molecule has 4 nitrogen and oxygen atoms in total. The number of esters is 1. The number of hydrogen-bond acceptors (Lipinski definition) is 4. The summed E-state index contributed by atoms with van der Waals surface area (Å²) in [5.74, 6) is -0.239. The molecule has 0 amide bonds. The molecule has 4 heteroatoms. The number of nitriles is 1. The van der Waals surface area contributed by atoms with Crippen molar-refractivity contribution in [2.75, 3.05) is 0 Å². The number of carbonyl (C=O) groups excluding carboxylic acids is 1. The Morgan fingerprint density at radius 1 is 1.62 bits per heavy atom. The van der Waals surface area contributed by atoms with Crippen LogP contribution in [-0.4, -0.2) is 11.0 Å². The van der Waals surface area contributed by atoms with Crippen LogP contribution >= 0.6 is 0 Å². The molecule has 66 valence electrons. The van der Waals surface area contributed by atoms with E-state index in [1.807, 2.05) is 6.07 Å². The zero-order valence-electron chi connectivity index (χ0n) is 7.37. The number of nitrogens with zero attached hydrogens (tertiary/aromatic N) is 2. The van der Waals surface area contributed by atoms with Crippen LogP contribution < -0.4 is 4.74 Å². The van der Waals surface area contributed by atoms with Crippen LogP contribution in [-0.2, 0) is 4.79 Å². The average Bonchev–Trinajstić information content (AvgIpc) is 2.08. The third-order valence-electron chi connectivity index (χ3n) is 1.41. The predicted octanol–water partition coefficient (Wildman–Crippen LogP) is 1.19. The van der Waals surface area contributed by atoms with Crippen molar-refractivity contribution in [1.29, 1.82) is 5.26 Å². The highest BCUT2D eigenvalue weighted by molar-refractivity contribution is 5.69. The maximum Gasteiger partial charge on any atom is 0.309 e. The Labute approximate surface area is 75.8 Å². The van der Waals surface area contributed by atoms with Crippen molar-refractivity contribution < 1.29 is 9.53 Å². The molecule has 13 heavy (non-hydrogen) atoms. The average molecular weight is 176 g/mol. The van der Waals surface area contributed by atoms with Crippen molar-refractivity contribution in [2.24, 2.45) is 0 Å². The van der Waals surface area contributed by atoms with Gasteiger partial charge in [0.1, 0.15) is 11.8 Å². The lowest BCUT2D eigenvalue weighted by molar-refractivity contribution is -0.132. The van der Waals surface area contributed by atoms with Crippen molar-refractivity contribution in [1.82, 2.24) is 4.98 Å². The summed E-state index contributed by atoms with van der Waals surface area (Å²) in [6.45, 7) is 3.05. The number of hydrogen-bond donors (Lipinski definition) is 0. The van der Waals surface area contributed by atoms with Crippen LogP contribution in [0.3, 0.4) is 0 Å². The molecule has 0 aliphatic heterocycles. The lowest BCUT2D eigenvalue weighted by atomic mass is 10.3. The summed E-state index contributed by atoms with van der Waals surface area (Å²) in [6.07, 6.45) is 0. The van der Waals surface area contributed by atoms with Crippen LogP contribution in [0.2, 0.25) is 0 Å². The molecule has 1 rings (SSSR count). The number of rotatable bonds is 1. The SMILES string of the molecule is CC(=O)Oc1nc(C#N)ccc1C. The first-order chi connectivity index (χ1) is 6.13. The third kappa shape index (κ3) is 2.27. The highest BCUT2D eigenvalue weighted by Crippen LogP contribution is 2.14. The van der Waals surface area contributed by atoms with Crippen molar-refractivity contribution in [3.8, 4) is 11.9 Å². The summed E-state index contributed by atoms with van der Waals surface area (Å²) in [5, 5.41) is 8.53. The van der Waals surface area contributed by atoms with Gasteiger partial charge in [0.05, 0.1) is 0 Å². The van der Waals surface area contributed by atoms with Gasteiger partial charge in [0.25, 0.3) is 0 Å². The molecule has 0 aromatic carbocycles. The fraction of sp³-hybridized carbons (Fsp3) is 0.222. The number of ether oxygens (including phenoxy) is 1. The van der Waals surface area contributed by atoms with Gasteiger partial charge in [-0.15, -0.1) is 0 Å². The van der Waals surface area contributed by atoms with Gasteiger partial charge in [-0.1, -0.05) is 6.07 Å². The largest absolute Gasteiger partial charge is 0.407 e. The number of aromatic nitrogens is 1. The van der Waals surface area contributed by atoms with Gasteiger partial charge in [0, 0.05) is 12.5 Å². The van der Waals surface area contributed by atoms with Gasteiger partial charge in [0.2, 0.25) is 5.88 Å². The van der Waals surface area contributed by atoms with Crippen molar-refractivity contribution in [3.63, 3.8) is 0 Å². The van der Waals surface area contributed by atoms with E-state index in [0.717, 1.165) is 5.56 Å². The second kappa shape index (κ2) is 3.68. The normalized spacial score (nSPS) is 9.00. The first-order valence-corrected chi connectivity index (χ1v) is 3.69. The van der Waals surface area contributed by atoms with E-state index in [9.17, 15) is 4.79 Å². The smallest absolute Gasteiger partial charge is 0.309 e. The highest BCUT2D eigenvalue weighted by atomic mass is 16.5. The number of carbonyl (C=O) groups is 1. The third-order valence-corrected chi connectivity index (χ3v) is 1.41. The Bertz CT molecular complexity index is 380. The number of aryl methyl sites for hydroxylation is 1. The highest BCUT2D eigenvalue weighted by Gasteiger charge is 2.05. The standard InChI is InChI=1S/C9H8N2O2/c1-6-3-4-8(5-10)11-9(6)13-7(2)12/h3-4H,1-2H3. The minimum atomic E-state index is -0.439. The first kappa shape index (κ1) is 9.20. The molecule has 0 aliphatic carbocycles. The summed E-state index contributed by atoms with van der Waals surface area (Å²) >= 11 is 0. The van der Waals surface area contributed by atoms with E-state index in [1.165, 1.54) is 6.92 Å². The minimum absolute atomic E-state index is 0.201. The molecule has 1 heterocycles. The Balaban J connectivity index is 3.05. The molecule has 0 saturated heterocycles. The molecule has 1 aromatic heterocycles. The quantitative estimate of drug-likeness (QED) is 0.603. The van der Waals surface area contributed by atoms with Crippen LogP contribution in [0.1, 0.15) is 18.2 Å². The summed E-state index contributed by atoms with van der Waals surface area (Å²) in [4.78, 5) is 14.4. The monoisotopic (exact) mass is 176 g/mol. The van der Waals surface area contributed by atoms with E-state index in [1.54, 1.807) is 19.1 Å². The minimum Gasteiger partial charge on any atom is -0.407 e. The van der Waals surface area contributed by atoms with Crippen LogP contribution in [0, 0.1) is 18.3 Å². The molecular weight excluding hydrogens is 168 g/mol. The van der Waals surface area contributed by atoms with Crippen molar-refractivity contribution >= 4 is 5.97 Å². The van der Waals surface area contributed by atoms with E-state index in [4.69, 9.17) is 10.00 Å². The van der Waals surface area contributed by atoms with E-state index in [0.29, 0.717) is 0 Å². The summed E-state index contributed by atoms with van der Waals surface area (Å²) < 4.78 is 4.79. The fourth-order valence-electron chi connectivity index (χ4n) is 0.812.